The molecule has 0 aromatic heterocycles. The van der Waals surface area contributed by atoms with Crippen LogP contribution in [-0.4, -0.2) is 36.4 Å². The Balaban J connectivity index is 3.11. The Morgan fingerprint density at radius 3 is 2.75 bits per heavy atom. The summed E-state index contributed by atoms with van der Waals surface area (Å²) in [6, 6.07) is 4.49. The van der Waals surface area contributed by atoms with E-state index in [0.717, 1.165) is 0 Å². The van der Waals surface area contributed by atoms with Gasteiger partial charge in [-0.3, -0.25) is 0 Å². The maximum Gasteiger partial charge on any atom is 0.341 e. The zero-order valence-corrected chi connectivity index (χ0v) is 9.01. The Labute approximate surface area is 93.5 Å². The average molecular weight is 225 g/mol. The molecule has 4 N–H and O–H groups in total. The molecule has 0 radical (unpaired) electrons. The Morgan fingerprint density at radius 2 is 2.25 bits per heavy atom. The number of aliphatic hydroxyl groups excluding tert-OH is 1. The molecule has 5 nitrogen and oxygen atoms in total. The smallest absolute Gasteiger partial charge is 0.341 e. The fraction of sp³-hybridized carbons (Fsp3) is 0.364. The van der Waals surface area contributed by atoms with Crippen LogP contribution in [0.4, 0.5) is 0 Å². The molecule has 0 aliphatic heterocycles. The van der Waals surface area contributed by atoms with Gasteiger partial charge in [0.05, 0.1) is 13.7 Å². The van der Waals surface area contributed by atoms with Crippen molar-refractivity contribution >= 4 is 5.97 Å². The second-order valence-corrected chi connectivity index (χ2v) is 3.38. The minimum Gasteiger partial charge on any atom is -0.507 e. The summed E-state index contributed by atoms with van der Waals surface area (Å²) in [5, 5.41) is 18.5. The highest BCUT2D eigenvalue weighted by Crippen LogP contribution is 2.23. The number of phenols is 1. The third-order valence-electron chi connectivity index (χ3n) is 2.40. The highest BCUT2D eigenvalue weighted by Gasteiger charge is 2.15. The number of phenolic OH excluding ortho intramolecular Hbond substituents is 1. The monoisotopic (exact) mass is 225 g/mol. The van der Waals surface area contributed by atoms with E-state index in [0.29, 0.717) is 5.56 Å². The van der Waals surface area contributed by atoms with Gasteiger partial charge in [-0.1, -0.05) is 6.07 Å². The van der Waals surface area contributed by atoms with Gasteiger partial charge in [0.15, 0.2) is 0 Å². The zero-order chi connectivity index (χ0) is 12.1. The van der Waals surface area contributed by atoms with Crippen molar-refractivity contribution in [1.82, 2.24) is 0 Å². The molecule has 0 saturated heterocycles. The van der Waals surface area contributed by atoms with Crippen molar-refractivity contribution in [2.45, 2.75) is 5.92 Å². The van der Waals surface area contributed by atoms with Gasteiger partial charge in [-0.05, 0) is 17.7 Å². The van der Waals surface area contributed by atoms with Crippen LogP contribution in [0.5, 0.6) is 5.75 Å². The van der Waals surface area contributed by atoms with Gasteiger partial charge in [0.2, 0.25) is 0 Å². The molecule has 0 saturated carbocycles. The largest absolute Gasteiger partial charge is 0.507 e. The number of hydrogen-bond acceptors (Lipinski definition) is 5. The second-order valence-electron chi connectivity index (χ2n) is 3.38. The molecule has 0 fully saturated rings. The van der Waals surface area contributed by atoms with Gasteiger partial charge in [-0.25, -0.2) is 4.79 Å². The van der Waals surface area contributed by atoms with Gasteiger partial charge in [-0.2, -0.15) is 0 Å². The number of aliphatic hydroxyl groups is 1. The van der Waals surface area contributed by atoms with E-state index >= 15 is 0 Å². The summed E-state index contributed by atoms with van der Waals surface area (Å²) in [6.07, 6.45) is 0. The van der Waals surface area contributed by atoms with Gasteiger partial charge in [0.25, 0.3) is 0 Å². The van der Waals surface area contributed by atoms with Crippen LogP contribution in [-0.2, 0) is 4.74 Å². The topological polar surface area (TPSA) is 92.8 Å². The number of hydrogen-bond donors (Lipinski definition) is 3. The van der Waals surface area contributed by atoms with Gasteiger partial charge in [0.1, 0.15) is 11.3 Å². The molecule has 0 heterocycles. The predicted octanol–water partition coefficient (Wildman–Crippen LogP) is 0.213. The first-order valence-corrected chi connectivity index (χ1v) is 4.86. The van der Waals surface area contributed by atoms with Crippen molar-refractivity contribution in [2.24, 2.45) is 5.73 Å². The highest BCUT2D eigenvalue weighted by molar-refractivity contribution is 5.92. The summed E-state index contributed by atoms with van der Waals surface area (Å²) < 4.78 is 4.53. The second kappa shape index (κ2) is 5.48. The number of ether oxygens (including phenoxy) is 1. The predicted molar refractivity (Wildman–Crippen MR) is 58.3 cm³/mol. The van der Waals surface area contributed by atoms with Gasteiger partial charge >= 0.3 is 5.97 Å². The van der Waals surface area contributed by atoms with Crippen LogP contribution in [0.1, 0.15) is 21.8 Å². The third kappa shape index (κ3) is 2.50. The van der Waals surface area contributed by atoms with Crippen molar-refractivity contribution < 1.29 is 19.7 Å². The van der Waals surface area contributed by atoms with E-state index in [1.54, 1.807) is 6.07 Å². The summed E-state index contributed by atoms with van der Waals surface area (Å²) in [5.74, 6) is -1.01. The lowest BCUT2D eigenvalue weighted by molar-refractivity contribution is 0.0597. The van der Waals surface area contributed by atoms with E-state index in [-0.39, 0.29) is 30.4 Å². The Bertz CT molecular complexity index is 374. The fourth-order valence-electron chi connectivity index (χ4n) is 1.40. The lowest BCUT2D eigenvalue weighted by atomic mass is 9.97. The molecule has 1 unspecified atom stereocenters. The van der Waals surface area contributed by atoms with E-state index < -0.39 is 5.97 Å². The summed E-state index contributed by atoms with van der Waals surface area (Å²) in [6.45, 7) is 0.157. The highest BCUT2D eigenvalue weighted by atomic mass is 16.5. The SMILES string of the molecule is COC(=O)c1cc(C(CN)CO)ccc1O. The lowest BCUT2D eigenvalue weighted by Crippen LogP contribution is -2.16. The van der Waals surface area contributed by atoms with Crippen LogP contribution in [0.25, 0.3) is 0 Å². The van der Waals surface area contributed by atoms with Crippen molar-refractivity contribution in [3.05, 3.63) is 29.3 Å². The van der Waals surface area contributed by atoms with Crippen molar-refractivity contribution in [3.8, 4) is 5.75 Å². The first kappa shape index (κ1) is 12.5. The number of aromatic hydroxyl groups is 1. The number of carbonyl (C=O) groups excluding carboxylic acids is 1. The molecular formula is C11H15NO4. The number of rotatable bonds is 4. The molecule has 1 aromatic rings. The maximum absolute atomic E-state index is 11.3. The first-order chi connectivity index (χ1) is 7.63. The molecule has 0 aliphatic rings. The van der Waals surface area contributed by atoms with Crippen LogP contribution in [0.15, 0.2) is 18.2 Å². The molecule has 0 amide bonds. The molecule has 1 rings (SSSR count). The van der Waals surface area contributed by atoms with E-state index in [1.165, 1.54) is 19.2 Å². The Hall–Kier alpha value is -1.59. The van der Waals surface area contributed by atoms with Crippen LogP contribution in [0, 0.1) is 0 Å². The minimum absolute atomic E-state index is 0.0758. The van der Waals surface area contributed by atoms with Gasteiger partial charge < -0.3 is 20.7 Å². The summed E-state index contributed by atoms with van der Waals surface area (Å²) >= 11 is 0. The lowest BCUT2D eigenvalue weighted by Gasteiger charge is -2.13. The number of esters is 1. The fourth-order valence-corrected chi connectivity index (χ4v) is 1.40. The Morgan fingerprint density at radius 1 is 1.56 bits per heavy atom. The Kier molecular flexibility index (Phi) is 4.28. The minimum atomic E-state index is -0.618. The van der Waals surface area contributed by atoms with Crippen molar-refractivity contribution in [3.63, 3.8) is 0 Å². The molecule has 16 heavy (non-hydrogen) atoms. The van der Waals surface area contributed by atoms with Gasteiger partial charge in [0, 0.05) is 12.5 Å². The molecular weight excluding hydrogens is 210 g/mol. The van der Waals surface area contributed by atoms with Crippen LogP contribution < -0.4 is 5.73 Å². The van der Waals surface area contributed by atoms with E-state index in [2.05, 4.69) is 4.74 Å². The number of nitrogens with two attached hydrogens (primary N) is 1. The quantitative estimate of drug-likeness (QED) is 0.637. The number of benzene rings is 1. The third-order valence-corrected chi connectivity index (χ3v) is 2.40. The average Bonchev–Trinajstić information content (AvgIpc) is 2.31. The zero-order valence-electron chi connectivity index (χ0n) is 9.01. The molecule has 0 aliphatic carbocycles. The molecule has 0 spiro atoms. The molecule has 1 aromatic carbocycles. The van der Waals surface area contributed by atoms with Crippen LogP contribution in [0.3, 0.4) is 0 Å². The molecule has 1 atom stereocenters. The van der Waals surface area contributed by atoms with E-state index in [1.807, 2.05) is 0 Å². The van der Waals surface area contributed by atoms with Crippen LogP contribution >= 0.6 is 0 Å². The summed E-state index contributed by atoms with van der Waals surface area (Å²) in [5.41, 5.74) is 6.25. The van der Waals surface area contributed by atoms with Crippen molar-refractivity contribution in [2.75, 3.05) is 20.3 Å². The molecule has 5 heteroatoms. The summed E-state index contributed by atoms with van der Waals surface area (Å²) in [7, 11) is 1.24. The molecule has 0 bridgehead atoms. The first-order valence-electron chi connectivity index (χ1n) is 4.86. The maximum atomic E-state index is 11.3. The summed E-state index contributed by atoms with van der Waals surface area (Å²) in [4.78, 5) is 11.3. The van der Waals surface area contributed by atoms with Gasteiger partial charge in [-0.15, -0.1) is 0 Å². The number of carbonyl (C=O) groups is 1. The molecule has 88 valence electrons. The van der Waals surface area contributed by atoms with Crippen molar-refractivity contribution in [1.29, 1.82) is 0 Å². The van der Waals surface area contributed by atoms with E-state index in [9.17, 15) is 9.90 Å². The standard InChI is InChI=1S/C11H15NO4/c1-16-11(15)9-4-7(2-3-10(9)14)8(5-12)6-13/h2-4,8,13-14H,5-6,12H2,1H3. The van der Waals surface area contributed by atoms with Crippen LogP contribution in [0.2, 0.25) is 0 Å². The van der Waals surface area contributed by atoms with E-state index in [4.69, 9.17) is 10.8 Å². The normalized spacial score (nSPS) is 12.2. The number of methoxy groups -OCH3 is 1.